The van der Waals surface area contributed by atoms with Crippen LogP contribution in [-0.4, -0.2) is 12.7 Å². The minimum atomic E-state index is -4.05. The highest BCUT2D eigenvalue weighted by Crippen LogP contribution is 2.29. The Morgan fingerprint density at radius 1 is 1.20 bits per heavy atom. The first-order chi connectivity index (χ1) is 9.49. The van der Waals surface area contributed by atoms with Gasteiger partial charge in [0, 0.05) is 12.5 Å². The zero-order valence-corrected chi connectivity index (χ0v) is 11.9. The van der Waals surface area contributed by atoms with Crippen molar-refractivity contribution in [2.24, 2.45) is 0 Å². The highest BCUT2D eigenvalue weighted by molar-refractivity contribution is 5.36. The average Bonchev–Trinajstić information content (AvgIpc) is 2.83. The molecule has 0 radical (unpaired) electrons. The molecule has 112 valence electrons. The molecule has 0 saturated heterocycles. The summed E-state index contributed by atoms with van der Waals surface area (Å²) in [7, 11) is 0. The Labute approximate surface area is 118 Å². The first kappa shape index (κ1) is 15.4. The first-order valence-electron chi connectivity index (χ1n) is 7.41. The van der Waals surface area contributed by atoms with Gasteiger partial charge in [0.15, 0.2) is 0 Å². The molecule has 1 aliphatic rings. The molecule has 0 aliphatic heterocycles. The summed E-state index contributed by atoms with van der Waals surface area (Å²) in [6.45, 7) is 2.76. The summed E-state index contributed by atoms with van der Waals surface area (Å²) >= 11 is 0. The Hall–Kier alpha value is -1.03. The van der Waals surface area contributed by atoms with Crippen molar-refractivity contribution < 1.29 is 13.2 Å². The van der Waals surface area contributed by atoms with Crippen molar-refractivity contribution in [2.75, 3.05) is 6.54 Å². The third kappa shape index (κ3) is 4.23. The van der Waals surface area contributed by atoms with Crippen LogP contribution in [0.4, 0.5) is 13.2 Å². The number of alkyl halides is 3. The molecule has 0 amide bonds. The maximum Gasteiger partial charge on any atom is 0.389 e. The van der Waals surface area contributed by atoms with Gasteiger partial charge in [-0.25, -0.2) is 0 Å². The monoisotopic (exact) mass is 285 g/mol. The van der Waals surface area contributed by atoms with Crippen molar-refractivity contribution in [3.63, 3.8) is 0 Å². The molecule has 1 aliphatic carbocycles. The molecule has 1 aromatic carbocycles. The second kappa shape index (κ2) is 6.61. The van der Waals surface area contributed by atoms with E-state index >= 15 is 0 Å². The predicted molar refractivity (Wildman–Crippen MR) is 74.8 cm³/mol. The zero-order chi connectivity index (χ0) is 14.6. The normalized spacial score (nSPS) is 16.2. The van der Waals surface area contributed by atoms with Gasteiger partial charge in [-0.1, -0.05) is 25.1 Å². The van der Waals surface area contributed by atoms with E-state index < -0.39 is 12.6 Å². The lowest BCUT2D eigenvalue weighted by atomic mass is 9.97. The molecule has 0 fully saturated rings. The maximum absolute atomic E-state index is 12.3. The van der Waals surface area contributed by atoms with Gasteiger partial charge in [0.2, 0.25) is 0 Å². The largest absolute Gasteiger partial charge is 0.389 e. The quantitative estimate of drug-likeness (QED) is 0.808. The highest BCUT2D eigenvalue weighted by atomic mass is 19.4. The third-order valence-electron chi connectivity index (χ3n) is 3.93. The van der Waals surface area contributed by atoms with Gasteiger partial charge in [0.05, 0.1) is 0 Å². The lowest BCUT2D eigenvalue weighted by Gasteiger charge is -2.19. The molecule has 4 heteroatoms. The second-order valence-corrected chi connectivity index (χ2v) is 5.50. The summed E-state index contributed by atoms with van der Waals surface area (Å²) in [6, 6.07) is 6.44. The Balaban J connectivity index is 2.00. The fourth-order valence-corrected chi connectivity index (χ4v) is 2.95. The van der Waals surface area contributed by atoms with Crippen molar-refractivity contribution in [1.29, 1.82) is 0 Å². The van der Waals surface area contributed by atoms with Crippen LogP contribution in [0.5, 0.6) is 0 Å². The van der Waals surface area contributed by atoms with E-state index in [1.807, 2.05) is 6.92 Å². The topological polar surface area (TPSA) is 12.0 Å². The number of benzene rings is 1. The van der Waals surface area contributed by atoms with Gasteiger partial charge in [-0.05, 0) is 55.3 Å². The summed E-state index contributed by atoms with van der Waals surface area (Å²) < 4.78 is 36.8. The summed E-state index contributed by atoms with van der Waals surface area (Å²) in [5, 5.41) is 3.31. The van der Waals surface area contributed by atoms with Crippen molar-refractivity contribution in [1.82, 2.24) is 5.32 Å². The summed E-state index contributed by atoms with van der Waals surface area (Å²) in [5.41, 5.74) is 3.91. The third-order valence-corrected chi connectivity index (χ3v) is 3.93. The van der Waals surface area contributed by atoms with Crippen molar-refractivity contribution in [2.45, 2.75) is 57.7 Å². The van der Waals surface area contributed by atoms with E-state index in [1.165, 1.54) is 17.5 Å². The van der Waals surface area contributed by atoms with E-state index in [1.54, 1.807) is 0 Å². The van der Waals surface area contributed by atoms with Gasteiger partial charge >= 0.3 is 6.18 Å². The van der Waals surface area contributed by atoms with Gasteiger partial charge in [-0.15, -0.1) is 0 Å². The Bertz CT molecular complexity index is 440. The van der Waals surface area contributed by atoms with Crippen LogP contribution >= 0.6 is 0 Å². The summed E-state index contributed by atoms with van der Waals surface area (Å²) in [5.74, 6) is 0. The number of halogens is 3. The molecule has 0 heterocycles. The van der Waals surface area contributed by atoms with Crippen molar-refractivity contribution in [3.8, 4) is 0 Å². The molecule has 1 atom stereocenters. The van der Waals surface area contributed by atoms with Crippen LogP contribution in [0.2, 0.25) is 0 Å². The second-order valence-electron chi connectivity index (χ2n) is 5.50. The van der Waals surface area contributed by atoms with E-state index in [0.717, 1.165) is 24.9 Å². The predicted octanol–water partition coefficient (Wildman–Crippen LogP) is 4.56. The summed E-state index contributed by atoms with van der Waals surface area (Å²) in [6.07, 6.45) is -0.599. The number of hydrogen-bond acceptors (Lipinski definition) is 1. The van der Waals surface area contributed by atoms with Gasteiger partial charge < -0.3 is 5.32 Å². The van der Waals surface area contributed by atoms with Crippen molar-refractivity contribution >= 4 is 0 Å². The molecule has 1 N–H and O–H groups in total. The molecule has 1 nitrogen and oxygen atoms in total. The van der Waals surface area contributed by atoms with E-state index in [0.29, 0.717) is 6.42 Å². The highest BCUT2D eigenvalue weighted by Gasteiger charge is 2.27. The Morgan fingerprint density at radius 3 is 2.65 bits per heavy atom. The van der Waals surface area contributed by atoms with Crippen LogP contribution in [-0.2, 0) is 12.8 Å². The molecular formula is C16H22F3N. The minimum absolute atomic E-state index is 0.0354. The van der Waals surface area contributed by atoms with Gasteiger partial charge in [0.1, 0.15) is 0 Å². The SMILES string of the molecule is CCNC(CCCC(F)(F)F)c1ccc2c(c1)CCC2. The standard InChI is InChI=1S/C16H22F3N/c1-2-20-15(7-4-10-16(17,18)19)14-9-8-12-5-3-6-13(12)11-14/h8-9,11,15,20H,2-7,10H2,1H3. The van der Waals surface area contributed by atoms with Gasteiger partial charge in [-0.2, -0.15) is 13.2 Å². The first-order valence-corrected chi connectivity index (χ1v) is 7.41. The fraction of sp³-hybridized carbons (Fsp3) is 0.625. The molecule has 0 saturated carbocycles. The zero-order valence-electron chi connectivity index (χ0n) is 11.9. The van der Waals surface area contributed by atoms with E-state index in [4.69, 9.17) is 0 Å². The number of hydrogen-bond donors (Lipinski definition) is 1. The molecule has 1 aromatic rings. The van der Waals surface area contributed by atoms with E-state index in [2.05, 4.69) is 23.5 Å². The molecule has 2 rings (SSSR count). The fourth-order valence-electron chi connectivity index (χ4n) is 2.95. The number of nitrogens with one attached hydrogen (secondary N) is 1. The van der Waals surface area contributed by atoms with Gasteiger partial charge in [0.25, 0.3) is 0 Å². The molecule has 0 bridgehead atoms. The molecule has 0 spiro atoms. The molecule has 1 unspecified atom stereocenters. The van der Waals surface area contributed by atoms with Crippen LogP contribution in [0.25, 0.3) is 0 Å². The van der Waals surface area contributed by atoms with Crippen molar-refractivity contribution in [3.05, 3.63) is 34.9 Å². The van der Waals surface area contributed by atoms with Crippen LogP contribution < -0.4 is 5.32 Å². The minimum Gasteiger partial charge on any atom is -0.310 e. The average molecular weight is 285 g/mol. The number of aryl methyl sites for hydroxylation is 2. The summed E-state index contributed by atoms with van der Waals surface area (Å²) in [4.78, 5) is 0. The van der Waals surface area contributed by atoms with E-state index in [-0.39, 0.29) is 12.5 Å². The van der Waals surface area contributed by atoms with Crippen LogP contribution in [0, 0.1) is 0 Å². The van der Waals surface area contributed by atoms with Crippen LogP contribution in [0.15, 0.2) is 18.2 Å². The van der Waals surface area contributed by atoms with Crippen LogP contribution in [0.3, 0.4) is 0 Å². The Morgan fingerprint density at radius 2 is 1.95 bits per heavy atom. The smallest absolute Gasteiger partial charge is 0.310 e. The number of rotatable bonds is 6. The van der Waals surface area contributed by atoms with E-state index in [9.17, 15) is 13.2 Å². The molecule has 0 aromatic heterocycles. The van der Waals surface area contributed by atoms with Gasteiger partial charge in [-0.3, -0.25) is 0 Å². The number of fused-ring (bicyclic) bond motifs is 1. The molecule has 20 heavy (non-hydrogen) atoms. The lowest BCUT2D eigenvalue weighted by Crippen LogP contribution is -2.21. The lowest BCUT2D eigenvalue weighted by molar-refractivity contribution is -0.135. The van der Waals surface area contributed by atoms with Crippen LogP contribution in [0.1, 0.15) is 55.3 Å². The molecular weight excluding hydrogens is 263 g/mol. The Kier molecular flexibility index (Phi) is 5.08. The maximum atomic E-state index is 12.3.